The van der Waals surface area contributed by atoms with Crippen LogP contribution in [0.1, 0.15) is 0 Å². The molecule has 0 saturated carbocycles. The SMILES string of the molecule is COc1ccc2cc(-c3cc(OS(=O)(=O)C(F)(F)F)[nH]n3)ccc2c1. The molecular weight excluding hydrogens is 361 g/mol. The lowest BCUT2D eigenvalue weighted by Gasteiger charge is -2.06. The molecule has 0 spiro atoms. The fraction of sp³-hybridized carbons (Fsp3) is 0.133. The van der Waals surface area contributed by atoms with Crippen molar-refractivity contribution in [3.05, 3.63) is 42.5 Å². The van der Waals surface area contributed by atoms with E-state index in [4.69, 9.17) is 4.74 Å². The average molecular weight is 372 g/mol. The van der Waals surface area contributed by atoms with Gasteiger partial charge in [-0.15, -0.1) is 0 Å². The largest absolute Gasteiger partial charge is 0.534 e. The van der Waals surface area contributed by atoms with Gasteiger partial charge in [-0.05, 0) is 29.0 Å². The number of rotatable bonds is 4. The van der Waals surface area contributed by atoms with Gasteiger partial charge in [0.05, 0.1) is 12.8 Å². The minimum Gasteiger partial charge on any atom is -0.497 e. The quantitative estimate of drug-likeness (QED) is 0.560. The highest BCUT2D eigenvalue weighted by molar-refractivity contribution is 7.87. The number of methoxy groups -OCH3 is 1. The summed E-state index contributed by atoms with van der Waals surface area (Å²) in [5.74, 6) is 0.0650. The van der Waals surface area contributed by atoms with Crippen molar-refractivity contribution in [1.29, 1.82) is 0 Å². The highest BCUT2D eigenvalue weighted by atomic mass is 32.2. The summed E-state index contributed by atoms with van der Waals surface area (Å²) in [6.45, 7) is 0. The van der Waals surface area contributed by atoms with Crippen molar-refractivity contribution in [3.63, 3.8) is 0 Å². The Morgan fingerprint density at radius 1 is 1.04 bits per heavy atom. The van der Waals surface area contributed by atoms with Crippen LogP contribution in [0.15, 0.2) is 42.5 Å². The first-order valence-corrected chi connectivity index (χ1v) is 8.25. The minimum absolute atomic E-state index is 0.241. The Bertz CT molecular complexity index is 1030. The molecule has 3 aromatic rings. The van der Waals surface area contributed by atoms with E-state index < -0.39 is 21.5 Å². The van der Waals surface area contributed by atoms with E-state index in [-0.39, 0.29) is 5.69 Å². The van der Waals surface area contributed by atoms with Gasteiger partial charge in [0.1, 0.15) is 5.75 Å². The molecule has 25 heavy (non-hydrogen) atoms. The Morgan fingerprint density at radius 3 is 2.40 bits per heavy atom. The Balaban J connectivity index is 1.91. The number of alkyl halides is 3. The van der Waals surface area contributed by atoms with Gasteiger partial charge < -0.3 is 8.92 Å². The number of nitrogens with zero attached hydrogens (tertiary/aromatic N) is 1. The van der Waals surface area contributed by atoms with Crippen molar-refractivity contribution in [3.8, 4) is 22.9 Å². The molecule has 132 valence electrons. The highest BCUT2D eigenvalue weighted by Gasteiger charge is 2.48. The van der Waals surface area contributed by atoms with Crippen LogP contribution < -0.4 is 8.92 Å². The fourth-order valence-corrected chi connectivity index (χ4v) is 2.59. The maximum atomic E-state index is 12.3. The van der Waals surface area contributed by atoms with Crippen LogP contribution in [0.3, 0.4) is 0 Å². The third-order valence-electron chi connectivity index (χ3n) is 3.38. The van der Waals surface area contributed by atoms with Crippen LogP contribution in [0.25, 0.3) is 22.0 Å². The van der Waals surface area contributed by atoms with Gasteiger partial charge in [-0.3, -0.25) is 0 Å². The number of benzene rings is 2. The Labute approximate surface area is 140 Å². The molecule has 0 aliphatic rings. The summed E-state index contributed by atoms with van der Waals surface area (Å²) in [6, 6.07) is 11.7. The van der Waals surface area contributed by atoms with Gasteiger partial charge in [-0.25, -0.2) is 5.10 Å². The van der Waals surface area contributed by atoms with Gasteiger partial charge in [0.15, 0.2) is 0 Å². The molecule has 0 radical (unpaired) electrons. The highest BCUT2D eigenvalue weighted by Crippen LogP contribution is 2.30. The summed E-state index contributed by atoms with van der Waals surface area (Å²) in [5, 5.41) is 7.67. The first kappa shape index (κ1) is 17.1. The third kappa shape index (κ3) is 3.38. The summed E-state index contributed by atoms with van der Waals surface area (Å²) in [7, 11) is -4.20. The van der Waals surface area contributed by atoms with E-state index in [1.165, 1.54) is 0 Å². The molecule has 0 atom stereocenters. The van der Waals surface area contributed by atoms with E-state index in [0.29, 0.717) is 11.3 Å². The standard InChI is InChI=1S/C15H11F3N2O4S/c1-23-12-5-4-9-6-11(3-2-10(9)7-12)13-8-14(20-19-13)24-25(21,22)15(16,17)18/h2-8H,1H3,(H,19,20). The maximum Gasteiger partial charge on any atom is 0.534 e. The summed E-state index contributed by atoms with van der Waals surface area (Å²) in [6.07, 6.45) is 0. The Morgan fingerprint density at radius 2 is 1.72 bits per heavy atom. The fourth-order valence-electron chi connectivity index (χ4n) is 2.17. The van der Waals surface area contributed by atoms with Crippen LogP contribution in [0.4, 0.5) is 13.2 Å². The lowest BCUT2D eigenvalue weighted by molar-refractivity contribution is -0.0501. The van der Waals surface area contributed by atoms with Gasteiger partial charge in [0.25, 0.3) is 0 Å². The van der Waals surface area contributed by atoms with Crippen LogP contribution in [-0.4, -0.2) is 31.2 Å². The van der Waals surface area contributed by atoms with Crippen molar-refractivity contribution in [2.24, 2.45) is 0 Å². The number of aromatic amines is 1. The van der Waals surface area contributed by atoms with Crippen LogP contribution in [-0.2, 0) is 10.1 Å². The minimum atomic E-state index is -5.75. The van der Waals surface area contributed by atoms with Gasteiger partial charge in [-0.1, -0.05) is 18.2 Å². The number of aromatic nitrogens is 2. The number of nitrogens with one attached hydrogen (secondary N) is 1. The lowest BCUT2D eigenvalue weighted by atomic mass is 10.0. The second-order valence-corrected chi connectivity index (χ2v) is 6.57. The maximum absolute atomic E-state index is 12.3. The molecule has 0 saturated heterocycles. The van der Waals surface area contributed by atoms with Crippen LogP contribution >= 0.6 is 0 Å². The summed E-state index contributed by atoms with van der Waals surface area (Å²) < 4.78 is 68.1. The first-order valence-electron chi connectivity index (χ1n) is 6.84. The molecule has 10 heteroatoms. The zero-order chi connectivity index (χ0) is 18.2. The summed E-state index contributed by atoms with van der Waals surface area (Å²) >= 11 is 0. The summed E-state index contributed by atoms with van der Waals surface area (Å²) in [4.78, 5) is 0. The molecule has 1 heterocycles. The van der Waals surface area contributed by atoms with E-state index in [1.807, 2.05) is 12.1 Å². The third-order valence-corrected chi connectivity index (χ3v) is 4.35. The average Bonchev–Trinajstić information content (AvgIpc) is 3.00. The van der Waals surface area contributed by atoms with E-state index in [2.05, 4.69) is 14.4 Å². The second-order valence-electron chi connectivity index (χ2n) is 5.03. The molecule has 0 amide bonds. The van der Waals surface area contributed by atoms with Crippen LogP contribution in [0.2, 0.25) is 0 Å². The lowest BCUT2D eigenvalue weighted by Crippen LogP contribution is -2.28. The first-order chi connectivity index (χ1) is 11.7. The van der Waals surface area contributed by atoms with Crippen LogP contribution in [0.5, 0.6) is 11.6 Å². The zero-order valence-electron chi connectivity index (χ0n) is 12.7. The molecule has 0 aliphatic heterocycles. The molecule has 0 fully saturated rings. The van der Waals surface area contributed by atoms with E-state index in [9.17, 15) is 21.6 Å². The number of fused-ring (bicyclic) bond motifs is 1. The molecule has 6 nitrogen and oxygen atoms in total. The van der Waals surface area contributed by atoms with Gasteiger partial charge in [-0.2, -0.15) is 26.7 Å². The van der Waals surface area contributed by atoms with Gasteiger partial charge >= 0.3 is 15.6 Å². The number of halogens is 3. The predicted octanol–water partition coefficient (Wildman–Crippen LogP) is 3.47. The Hall–Kier alpha value is -2.75. The van der Waals surface area contributed by atoms with Gasteiger partial charge in [0.2, 0.25) is 5.88 Å². The molecule has 0 bridgehead atoms. The zero-order valence-corrected chi connectivity index (χ0v) is 13.5. The molecule has 1 aromatic heterocycles. The van der Waals surface area contributed by atoms with Gasteiger partial charge in [0, 0.05) is 11.6 Å². The van der Waals surface area contributed by atoms with Crippen molar-refractivity contribution < 1.29 is 30.5 Å². The summed E-state index contributed by atoms with van der Waals surface area (Å²) in [5.41, 5.74) is -4.70. The van der Waals surface area contributed by atoms with E-state index >= 15 is 0 Å². The number of ether oxygens (including phenoxy) is 1. The molecule has 0 unspecified atom stereocenters. The van der Waals surface area contributed by atoms with Crippen molar-refractivity contribution in [2.45, 2.75) is 5.51 Å². The number of hydrogen-bond acceptors (Lipinski definition) is 5. The Kier molecular flexibility index (Phi) is 4.07. The van der Waals surface area contributed by atoms with Crippen molar-refractivity contribution >= 4 is 20.9 Å². The smallest absolute Gasteiger partial charge is 0.497 e. The number of hydrogen-bond donors (Lipinski definition) is 1. The van der Waals surface area contributed by atoms with Crippen molar-refractivity contribution in [1.82, 2.24) is 10.2 Å². The molecular formula is C15H11F3N2O4S. The van der Waals surface area contributed by atoms with E-state index in [1.54, 1.807) is 31.4 Å². The molecule has 1 N–H and O–H groups in total. The van der Waals surface area contributed by atoms with Crippen LogP contribution in [0, 0.1) is 0 Å². The monoisotopic (exact) mass is 372 g/mol. The van der Waals surface area contributed by atoms with E-state index in [0.717, 1.165) is 16.8 Å². The second kappa shape index (κ2) is 5.96. The topological polar surface area (TPSA) is 81.3 Å². The molecule has 2 aromatic carbocycles. The number of H-pyrrole nitrogens is 1. The normalized spacial score (nSPS) is 12.3. The molecule has 0 aliphatic carbocycles. The van der Waals surface area contributed by atoms with Crippen molar-refractivity contribution in [2.75, 3.05) is 7.11 Å². The predicted molar refractivity (Wildman–Crippen MR) is 83.7 cm³/mol. The molecule has 3 rings (SSSR count).